The molecule has 0 aromatic carbocycles. The molecular formula is C14H27N3O3. The van der Waals surface area contributed by atoms with Crippen LogP contribution in [-0.4, -0.2) is 65.7 Å². The summed E-state index contributed by atoms with van der Waals surface area (Å²) in [6.45, 7) is 9.82. The first-order valence-corrected chi connectivity index (χ1v) is 7.42. The number of hydrogen-bond acceptors (Lipinski definition) is 3. The second kappa shape index (κ2) is 8.09. The number of hydrogen-bond donors (Lipinski definition) is 2. The van der Waals surface area contributed by atoms with Gasteiger partial charge in [0.1, 0.15) is 0 Å². The minimum atomic E-state index is -0.875. The highest BCUT2D eigenvalue weighted by molar-refractivity contribution is 5.75. The van der Waals surface area contributed by atoms with Gasteiger partial charge in [0.05, 0.1) is 6.42 Å². The Morgan fingerprint density at radius 3 is 2.65 bits per heavy atom. The molecule has 6 nitrogen and oxygen atoms in total. The molecule has 0 aliphatic carbocycles. The molecule has 20 heavy (non-hydrogen) atoms. The lowest BCUT2D eigenvalue weighted by Crippen LogP contribution is -2.43. The third-order valence-corrected chi connectivity index (χ3v) is 3.85. The fraction of sp³-hybridized carbons (Fsp3) is 0.857. The Hall–Kier alpha value is -1.30. The average molecular weight is 285 g/mol. The Kier molecular flexibility index (Phi) is 6.78. The number of carboxylic acids is 1. The van der Waals surface area contributed by atoms with Crippen LogP contribution in [0.3, 0.4) is 0 Å². The summed E-state index contributed by atoms with van der Waals surface area (Å²) in [6, 6.07) is 0.398. The molecule has 6 heteroatoms. The zero-order valence-electron chi connectivity index (χ0n) is 12.8. The lowest BCUT2D eigenvalue weighted by atomic mass is 10.1. The number of amides is 2. The molecule has 2 N–H and O–H groups in total. The quantitative estimate of drug-likeness (QED) is 0.738. The van der Waals surface area contributed by atoms with E-state index in [1.807, 2.05) is 6.92 Å². The van der Waals surface area contributed by atoms with Crippen LogP contribution in [0.15, 0.2) is 0 Å². The second-order valence-corrected chi connectivity index (χ2v) is 5.65. The maximum Gasteiger partial charge on any atom is 0.317 e. The fourth-order valence-electron chi connectivity index (χ4n) is 2.48. The number of carboxylic acid groups (broad SMARTS) is 1. The number of urea groups is 1. The van der Waals surface area contributed by atoms with Gasteiger partial charge in [-0.3, -0.25) is 4.79 Å². The van der Waals surface area contributed by atoms with Gasteiger partial charge in [0, 0.05) is 32.2 Å². The van der Waals surface area contributed by atoms with E-state index in [1.54, 1.807) is 4.90 Å². The van der Waals surface area contributed by atoms with Crippen LogP contribution in [0.2, 0.25) is 0 Å². The highest BCUT2D eigenvalue weighted by Crippen LogP contribution is 2.17. The van der Waals surface area contributed by atoms with E-state index in [-0.39, 0.29) is 19.0 Å². The van der Waals surface area contributed by atoms with Crippen molar-refractivity contribution in [2.45, 2.75) is 39.7 Å². The molecule has 0 saturated carbocycles. The lowest BCUT2D eigenvalue weighted by Gasteiger charge is -2.23. The van der Waals surface area contributed by atoms with Gasteiger partial charge in [0.15, 0.2) is 0 Å². The standard InChI is InChI=1S/C14H27N3O3/c1-4-16(8-6-13(18)19)14(20)15-9-12-5-7-17(10-12)11(2)3/h11-12H,4-10H2,1-3H3,(H,15,20)(H,18,19). The summed E-state index contributed by atoms with van der Waals surface area (Å²) in [7, 11) is 0. The number of nitrogens with zero attached hydrogens (tertiary/aromatic N) is 2. The zero-order chi connectivity index (χ0) is 15.1. The topological polar surface area (TPSA) is 72.9 Å². The van der Waals surface area contributed by atoms with E-state index in [4.69, 9.17) is 5.11 Å². The van der Waals surface area contributed by atoms with Gasteiger partial charge in [-0.15, -0.1) is 0 Å². The SMILES string of the molecule is CCN(CCC(=O)O)C(=O)NCC1CCN(C(C)C)C1. The third kappa shape index (κ3) is 5.36. The summed E-state index contributed by atoms with van der Waals surface area (Å²) >= 11 is 0. The molecule has 0 aromatic heterocycles. The van der Waals surface area contributed by atoms with Crippen LogP contribution >= 0.6 is 0 Å². The monoisotopic (exact) mass is 285 g/mol. The molecule has 0 aromatic rings. The van der Waals surface area contributed by atoms with Crippen LogP contribution in [0, 0.1) is 5.92 Å². The molecule has 1 rings (SSSR count). The van der Waals surface area contributed by atoms with E-state index in [0.717, 1.165) is 19.5 Å². The number of aliphatic carboxylic acids is 1. The summed E-state index contributed by atoms with van der Waals surface area (Å²) in [5, 5.41) is 11.6. The van der Waals surface area contributed by atoms with Crippen molar-refractivity contribution < 1.29 is 14.7 Å². The Morgan fingerprint density at radius 2 is 2.15 bits per heavy atom. The normalized spacial score (nSPS) is 19.3. The number of carbonyl (C=O) groups excluding carboxylic acids is 1. The van der Waals surface area contributed by atoms with Gasteiger partial charge in [-0.2, -0.15) is 0 Å². The van der Waals surface area contributed by atoms with Crippen molar-refractivity contribution in [1.29, 1.82) is 0 Å². The first-order valence-electron chi connectivity index (χ1n) is 7.42. The zero-order valence-corrected chi connectivity index (χ0v) is 12.8. The maximum atomic E-state index is 12.0. The van der Waals surface area contributed by atoms with E-state index in [0.29, 0.717) is 25.0 Å². The third-order valence-electron chi connectivity index (χ3n) is 3.85. The van der Waals surface area contributed by atoms with E-state index >= 15 is 0 Å². The first kappa shape index (κ1) is 16.8. The summed E-state index contributed by atoms with van der Waals surface area (Å²) in [6.07, 6.45) is 1.10. The molecule has 1 fully saturated rings. The van der Waals surface area contributed by atoms with Crippen LogP contribution in [0.4, 0.5) is 4.79 Å². The maximum absolute atomic E-state index is 12.0. The predicted octanol–water partition coefficient (Wildman–Crippen LogP) is 1.22. The number of carbonyl (C=O) groups is 2. The lowest BCUT2D eigenvalue weighted by molar-refractivity contribution is -0.137. The minimum Gasteiger partial charge on any atom is -0.481 e. The molecule has 1 aliphatic rings. The summed E-state index contributed by atoms with van der Waals surface area (Å²) < 4.78 is 0. The van der Waals surface area contributed by atoms with Gasteiger partial charge in [0.25, 0.3) is 0 Å². The van der Waals surface area contributed by atoms with Crippen molar-refractivity contribution in [3.63, 3.8) is 0 Å². The molecule has 1 aliphatic heterocycles. The molecule has 1 unspecified atom stereocenters. The Labute approximate surface area is 121 Å². The van der Waals surface area contributed by atoms with Crippen molar-refractivity contribution in [1.82, 2.24) is 15.1 Å². The van der Waals surface area contributed by atoms with Crippen LogP contribution in [0.5, 0.6) is 0 Å². The van der Waals surface area contributed by atoms with Crippen LogP contribution < -0.4 is 5.32 Å². The molecule has 116 valence electrons. The van der Waals surface area contributed by atoms with Gasteiger partial charge in [-0.05, 0) is 39.7 Å². The van der Waals surface area contributed by atoms with Crippen molar-refractivity contribution in [2.75, 3.05) is 32.7 Å². The van der Waals surface area contributed by atoms with Gasteiger partial charge in [-0.1, -0.05) is 0 Å². The van der Waals surface area contributed by atoms with Crippen molar-refractivity contribution in [2.24, 2.45) is 5.92 Å². The highest BCUT2D eigenvalue weighted by atomic mass is 16.4. The molecule has 2 amide bonds. The van der Waals surface area contributed by atoms with Gasteiger partial charge in [0.2, 0.25) is 0 Å². The largest absolute Gasteiger partial charge is 0.481 e. The van der Waals surface area contributed by atoms with E-state index in [2.05, 4.69) is 24.1 Å². The molecule has 1 atom stereocenters. The van der Waals surface area contributed by atoms with Crippen LogP contribution in [0.1, 0.15) is 33.6 Å². The van der Waals surface area contributed by atoms with E-state index in [9.17, 15) is 9.59 Å². The first-order chi connectivity index (χ1) is 9.43. The molecular weight excluding hydrogens is 258 g/mol. The number of nitrogens with one attached hydrogen (secondary N) is 1. The highest BCUT2D eigenvalue weighted by Gasteiger charge is 2.24. The number of likely N-dealkylation sites (tertiary alicyclic amines) is 1. The van der Waals surface area contributed by atoms with E-state index in [1.165, 1.54) is 0 Å². The fourth-order valence-corrected chi connectivity index (χ4v) is 2.48. The Morgan fingerprint density at radius 1 is 1.45 bits per heavy atom. The molecule has 1 heterocycles. The minimum absolute atomic E-state index is 0.00812. The van der Waals surface area contributed by atoms with Gasteiger partial charge >= 0.3 is 12.0 Å². The second-order valence-electron chi connectivity index (χ2n) is 5.65. The summed E-state index contributed by atoms with van der Waals surface area (Å²) in [5.41, 5.74) is 0. The molecule has 0 bridgehead atoms. The predicted molar refractivity (Wildman–Crippen MR) is 77.7 cm³/mol. The smallest absolute Gasteiger partial charge is 0.317 e. The van der Waals surface area contributed by atoms with Gasteiger partial charge < -0.3 is 20.2 Å². The van der Waals surface area contributed by atoms with Crippen LogP contribution in [0.25, 0.3) is 0 Å². The van der Waals surface area contributed by atoms with Crippen molar-refractivity contribution in [3.8, 4) is 0 Å². The van der Waals surface area contributed by atoms with E-state index < -0.39 is 5.97 Å². The Balaban J connectivity index is 2.29. The number of rotatable bonds is 7. The summed E-state index contributed by atoms with van der Waals surface area (Å²) in [4.78, 5) is 26.5. The van der Waals surface area contributed by atoms with Crippen LogP contribution in [-0.2, 0) is 4.79 Å². The van der Waals surface area contributed by atoms with Crippen molar-refractivity contribution in [3.05, 3.63) is 0 Å². The molecule has 0 spiro atoms. The average Bonchev–Trinajstić information content (AvgIpc) is 2.85. The Bertz CT molecular complexity index is 334. The molecule has 1 saturated heterocycles. The van der Waals surface area contributed by atoms with Crippen molar-refractivity contribution >= 4 is 12.0 Å². The molecule has 0 radical (unpaired) electrons. The summed E-state index contributed by atoms with van der Waals surface area (Å²) in [5.74, 6) is -0.376. The van der Waals surface area contributed by atoms with Gasteiger partial charge in [-0.25, -0.2) is 4.79 Å².